The second-order valence-corrected chi connectivity index (χ2v) is 4.35. The summed E-state index contributed by atoms with van der Waals surface area (Å²) in [5.74, 6) is 0. The largest absolute Gasteiger partial charge is 0.372 e. The SMILES string of the molecule is CN(CCCBr)c1cc(Cl)nnc1Cl. The van der Waals surface area contributed by atoms with Gasteiger partial charge in [0, 0.05) is 25.0 Å². The highest BCUT2D eigenvalue weighted by Crippen LogP contribution is 2.24. The first-order chi connectivity index (χ1) is 6.65. The predicted octanol–water partition coefficient (Wildman–Crippen LogP) is 3.00. The molecule has 3 nitrogen and oxygen atoms in total. The zero-order chi connectivity index (χ0) is 10.6. The topological polar surface area (TPSA) is 29.0 Å². The lowest BCUT2D eigenvalue weighted by Gasteiger charge is -2.18. The molecule has 0 atom stereocenters. The Morgan fingerprint density at radius 2 is 2.14 bits per heavy atom. The molecule has 0 aliphatic heterocycles. The standard InChI is InChI=1S/C8H10BrCl2N3/c1-14(4-2-3-9)6-5-7(10)12-13-8(6)11/h5H,2-4H2,1H3. The maximum absolute atomic E-state index is 5.88. The molecule has 0 fully saturated rings. The third-order valence-electron chi connectivity index (χ3n) is 1.74. The van der Waals surface area contributed by atoms with Crippen LogP contribution in [-0.4, -0.2) is 29.1 Å². The Labute approximate surface area is 102 Å². The summed E-state index contributed by atoms with van der Waals surface area (Å²) in [6, 6.07) is 1.71. The summed E-state index contributed by atoms with van der Waals surface area (Å²) >= 11 is 15.0. The highest BCUT2D eigenvalue weighted by molar-refractivity contribution is 9.09. The van der Waals surface area contributed by atoms with Gasteiger partial charge in [0.2, 0.25) is 0 Å². The molecule has 0 N–H and O–H groups in total. The zero-order valence-electron chi connectivity index (χ0n) is 7.67. The molecule has 14 heavy (non-hydrogen) atoms. The molecule has 1 aromatic heterocycles. The summed E-state index contributed by atoms with van der Waals surface area (Å²) < 4.78 is 0. The average Bonchev–Trinajstić information content (AvgIpc) is 2.18. The fraction of sp³-hybridized carbons (Fsp3) is 0.500. The van der Waals surface area contributed by atoms with Crippen molar-refractivity contribution in [2.45, 2.75) is 6.42 Å². The molecule has 1 rings (SSSR count). The number of anilines is 1. The van der Waals surface area contributed by atoms with Gasteiger partial charge in [-0.05, 0) is 6.42 Å². The Bertz CT molecular complexity index is 309. The van der Waals surface area contributed by atoms with Crippen molar-refractivity contribution in [2.24, 2.45) is 0 Å². The zero-order valence-corrected chi connectivity index (χ0v) is 10.8. The van der Waals surface area contributed by atoms with E-state index in [1.807, 2.05) is 11.9 Å². The summed E-state index contributed by atoms with van der Waals surface area (Å²) in [6.07, 6.45) is 1.03. The normalized spacial score (nSPS) is 10.3. The first-order valence-corrected chi connectivity index (χ1v) is 5.98. The van der Waals surface area contributed by atoms with Crippen LogP contribution in [0, 0.1) is 0 Å². The Morgan fingerprint density at radius 3 is 2.79 bits per heavy atom. The van der Waals surface area contributed by atoms with E-state index in [0.717, 1.165) is 24.0 Å². The molecular weight excluding hydrogens is 289 g/mol. The summed E-state index contributed by atoms with van der Waals surface area (Å²) in [5, 5.41) is 9.08. The molecule has 0 saturated heterocycles. The molecule has 0 amide bonds. The third kappa shape index (κ3) is 3.26. The first kappa shape index (κ1) is 12.0. The van der Waals surface area contributed by atoms with Gasteiger partial charge in [-0.25, -0.2) is 0 Å². The third-order valence-corrected chi connectivity index (χ3v) is 2.75. The molecule has 1 aromatic rings. The van der Waals surface area contributed by atoms with Gasteiger partial charge in [0.05, 0.1) is 5.69 Å². The van der Waals surface area contributed by atoms with Crippen molar-refractivity contribution in [3.63, 3.8) is 0 Å². The second kappa shape index (κ2) is 5.73. The highest BCUT2D eigenvalue weighted by atomic mass is 79.9. The fourth-order valence-corrected chi connectivity index (χ4v) is 1.66. The van der Waals surface area contributed by atoms with Gasteiger partial charge in [0.1, 0.15) is 0 Å². The molecule has 1 heterocycles. The number of hydrogen-bond donors (Lipinski definition) is 0. The van der Waals surface area contributed by atoms with E-state index < -0.39 is 0 Å². The van der Waals surface area contributed by atoms with Gasteiger partial charge >= 0.3 is 0 Å². The van der Waals surface area contributed by atoms with Crippen molar-refractivity contribution in [3.05, 3.63) is 16.4 Å². The lowest BCUT2D eigenvalue weighted by Crippen LogP contribution is -2.19. The Hall–Kier alpha value is -0.0600. The van der Waals surface area contributed by atoms with Crippen LogP contribution < -0.4 is 4.90 Å². The van der Waals surface area contributed by atoms with E-state index in [2.05, 4.69) is 26.1 Å². The van der Waals surface area contributed by atoms with Crippen molar-refractivity contribution in [1.29, 1.82) is 0 Å². The Morgan fingerprint density at radius 1 is 1.43 bits per heavy atom. The number of nitrogens with zero attached hydrogens (tertiary/aromatic N) is 3. The molecule has 6 heteroatoms. The molecule has 0 aliphatic rings. The van der Waals surface area contributed by atoms with Gasteiger partial charge in [0.25, 0.3) is 0 Å². The molecule has 0 aliphatic carbocycles. The van der Waals surface area contributed by atoms with Crippen molar-refractivity contribution in [2.75, 3.05) is 23.8 Å². The van der Waals surface area contributed by atoms with Crippen LogP contribution in [0.25, 0.3) is 0 Å². The van der Waals surface area contributed by atoms with Gasteiger partial charge < -0.3 is 4.90 Å². The van der Waals surface area contributed by atoms with Crippen LogP contribution in [0.5, 0.6) is 0 Å². The Balaban J connectivity index is 2.77. The van der Waals surface area contributed by atoms with Crippen LogP contribution in [0.4, 0.5) is 5.69 Å². The van der Waals surface area contributed by atoms with Gasteiger partial charge in [0.15, 0.2) is 10.3 Å². The summed E-state index contributed by atoms with van der Waals surface area (Å²) in [5.41, 5.74) is 0.813. The van der Waals surface area contributed by atoms with Crippen LogP contribution >= 0.6 is 39.1 Å². The van der Waals surface area contributed by atoms with Crippen LogP contribution in [0.3, 0.4) is 0 Å². The van der Waals surface area contributed by atoms with Crippen LogP contribution in [0.1, 0.15) is 6.42 Å². The minimum Gasteiger partial charge on any atom is -0.372 e. The maximum atomic E-state index is 5.88. The number of hydrogen-bond acceptors (Lipinski definition) is 3. The monoisotopic (exact) mass is 297 g/mol. The molecule has 0 unspecified atom stereocenters. The van der Waals surface area contributed by atoms with E-state index >= 15 is 0 Å². The average molecular weight is 299 g/mol. The lowest BCUT2D eigenvalue weighted by molar-refractivity contribution is 0.854. The fourth-order valence-electron chi connectivity index (χ4n) is 1.03. The van der Waals surface area contributed by atoms with Crippen LogP contribution in [0.15, 0.2) is 6.07 Å². The summed E-state index contributed by atoms with van der Waals surface area (Å²) in [4.78, 5) is 2.00. The van der Waals surface area contributed by atoms with E-state index in [1.165, 1.54) is 0 Å². The van der Waals surface area contributed by atoms with Crippen molar-refractivity contribution >= 4 is 44.8 Å². The number of rotatable bonds is 4. The minimum atomic E-state index is 0.357. The minimum absolute atomic E-state index is 0.357. The Kier molecular flexibility index (Phi) is 4.92. The number of aromatic nitrogens is 2. The molecule has 0 bridgehead atoms. The molecule has 0 aromatic carbocycles. The van der Waals surface area contributed by atoms with E-state index in [1.54, 1.807) is 6.07 Å². The maximum Gasteiger partial charge on any atom is 0.175 e. The molecule has 0 radical (unpaired) electrons. The van der Waals surface area contributed by atoms with Crippen molar-refractivity contribution < 1.29 is 0 Å². The molecule has 78 valence electrons. The highest BCUT2D eigenvalue weighted by Gasteiger charge is 2.08. The quantitative estimate of drug-likeness (QED) is 0.800. The van der Waals surface area contributed by atoms with Crippen molar-refractivity contribution in [1.82, 2.24) is 10.2 Å². The van der Waals surface area contributed by atoms with Crippen molar-refractivity contribution in [3.8, 4) is 0 Å². The van der Waals surface area contributed by atoms with Gasteiger partial charge in [-0.2, -0.15) is 0 Å². The van der Waals surface area contributed by atoms with E-state index in [4.69, 9.17) is 23.2 Å². The second-order valence-electron chi connectivity index (χ2n) is 2.81. The molecule has 0 saturated carbocycles. The predicted molar refractivity (Wildman–Crippen MR) is 63.7 cm³/mol. The van der Waals surface area contributed by atoms with Gasteiger partial charge in [-0.1, -0.05) is 39.1 Å². The molecule has 0 spiro atoms. The number of halogens is 3. The lowest BCUT2D eigenvalue weighted by atomic mass is 10.4. The summed E-state index contributed by atoms with van der Waals surface area (Å²) in [7, 11) is 1.95. The van der Waals surface area contributed by atoms with E-state index in [0.29, 0.717) is 10.3 Å². The van der Waals surface area contributed by atoms with Gasteiger partial charge in [-0.15, -0.1) is 10.2 Å². The van der Waals surface area contributed by atoms with Crippen LogP contribution in [-0.2, 0) is 0 Å². The van der Waals surface area contributed by atoms with Gasteiger partial charge in [-0.3, -0.25) is 0 Å². The van der Waals surface area contributed by atoms with E-state index in [9.17, 15) is 0 Å². The first-order valence-electron chi connectivity index (χ1n) is 4.11. The van der Waals surface area contributed by atoms with Crippen LogP contribution in [0.2, 0.25) is 10.3 Å². The van der Waals surface area contributed by atoms with E-state index in [-0.39, 0.29) is 0 Å². The summed E-state index contributed by atoms with van der Waals surface area (Å²) in [6.45, 7) is 0.896. The number of alkyl halides is 1. The molecular formula is C8H10BrCl2N3. The smallest absolute Gasteiger partial charge is 0.175 e.